The fraction of sp³-hybridized carbons (Fsp3) is 0.533. The summed E-state index contributed by atoms with van der Waals surface area (Å²) < 4.78 is 7.54. The van der Waals surface area contributed by atoms with Gasteiger partial charge in [-0.3, -0.25) is 4.79 Å². The number of rotatable bonds is 3. The Kier molecular flexibility index (Phi) is 2.83. The van der Waals surface area contributed by atoms with E-state index in [-0.39, 0.29) is 17.7 Å². The summed E-state index contributed by atoms with van der Waals surface area (Å²) in [4.78, 5) is 14.5. The molecule has 3 heterocycles. The van der Waals surface area contributed by atoms with Gasteiger partial charge in [-0.2, -0.15) is 0 Å². The summed E-state index contributed by atoms with van der Waals surface area (Å²) in [5, 5.41) is 8.40. The van der Waals surface area contributed by atoms with Crippen LogP contribution in [0.5, 0.6) is 0 Å². The van der Waals surface area contributed by atoms with Gasteiger partial charge < -0.3 is 13.9 Å². The van der Waals surface area contributed by atoms with Gasteiger partial charge >= 0.3 is 0 Å². The van der Waals surface area contributed by atoms with Gasteiger partial charge in [0.2, 0.25) is 5.91 Å². The van der Waals surface area contributed by atoms with Gasteiger partial charge in [-0.15, -0.1) is 10.2 Å². The molecule has 4 rings (SSSR count). The van der Waals surface area contributed by atoms with Crippen LogP contribution in [0.3, 0.4) is 0 Å². The van der Waals surface area contributed by atoms with Crippen LogP contribution in [-0.2, 0) is 24.3 Å². The molecule has 2 aromatic heterocycles. The lowest BCUT2D eigenvalue weighted by Crippen LogP contribution is -2.39. The molecule has 1 saturated carbocycles. The third kappa shape index (κ3) is 2.05. The number of nitrogens with zero attached hydrogens (tertiary/aromatic N) is 4. The van der Waals surface area contributed by atoms with E-state index in [0.29, 0.717) is 6.54 Å². The van der Waals surface area contributed by atoms with Crippen molar-refractivity contribution in [2.45, 2.75) is 38.8 Å². The summed E-state index contributed by atoms with van der Waals surface area (Å²) >= 11 is 0. The van der Waals surface area contributed by atoms with Crippen LogP contribution in [0, 0.1) is 5.92 Å². The first-order chi connectivity index (χ1) is 10.3. The fourth-order valence-electron chi connectivity index (χ4n) is 3.19. The highest BCUT2D eigenvalue weighted by Gasteiger charge is 2.48. The highest BCUT2D eigenvalue weighted by Crippen LogP contribution is 2.48. The zero-order chi connectivity index (χ0) is 14.4. The lowest BCUT2D eigenvalue weighted by molar-refractivity contribution is -0.134. The van der Waals surface area contributed by atoms with E-state index in [0.717, 1.165) is 43.3 Å². The number of hydrogen-bond acceptors (Lipinski definition) is 4. The monoisotopic (exact) mass is 286 g/mol. The zero-order valence-electron chi connectivity index (χ0n) is 12.0. The van der Waals surface area contributed by atoms with Crippen molar-refractivity contribution < 1.29 is 9.21 Å². The second-order valence-corrected chi connectivity index (χ2v) is 5.76. The Labute approximate surface area is 122 Å². The second kappa shape index (κ2) is 4.72. The first kappa shape index (κ1) is 12.6. The maximum absolute atomic E-state index is 12.6. The van der Waals surface area contributed by atoms with Crippen molar-refractivity contribution in [1.29, 1.82) is 0 Å². The molecule has 0 bridgehead atoms. The van der Waals surface area contributed by atoms with Crippen LogP contribution in [0.2, 0.25) is 0 Å². The minimum atomic E-state index is 0.0799. The van der Waals surface area contributed by atoms with Crippen molar-refractivity contribution in [2.24, 2.45) is 5.92 Å². The SMILES string of the molecule is CCc1nnc2n1CCN(C(=O)[C@H]1C[C@@H]1c1ccco1)C2. The van der Waals surface area contributed by atoms with Gasteiger partial charge in [0.15, 0.2) is 5.82 Å². The number of furan rings is 1. The zero-order valence-corrected chi connectivity index (χ0v) is 12.0. The van der Waals surface area contributed by atoms with E-state index in [1.807, 2.05) is 17.0 Å². The smallest absolute Gasteiger partial charge is 0.226 e. The molecule has 0 aromatic carbocycles. The molecule has 6 heteroatoms. The minimum Gasteiger partial charge on any atom is -0.469 e. The summed E-state index contributed by atoms with van der Waals surface area (Å²) in [6, 6.07) is 3.84. The predicted molar refractivity (Wildman–Crippen MR) is 74.4 cm³/mol. The number of aromatic nitrogens is 3. The van der Waals surface area contributed by atoms with Crippen molar-refractivity contribution in [2.75, 3.05) is 6.54 Å². The lowest BCUT2D eigenvalue weighted by atomic mass is 10.2. The van der Waals surface area contributed by atoms with E-state index >= 15 is 0 Å². The molecule has 0 N–H and O–H groups in total. The molecule has 1 aliphatic carbocycles. The highest BCUT2D eigenvalue weighted by atomic mass is 16.3. The van der Waals surface area contributed by atoms with Gasteiger partial charge in [0, 0.05) is 31.3 Å². The van der Waals surface area contributed by atoms with Crippen LogP contribution in [0.25, 0.3) is 0 Å². The third-order valence-corrected chi connectivity index (χ3v) is 4.47. The second-order valence-electron chi connectivity index (χ2n) is 5.76. The maximum Gasteiger partial charge on any atom is 0.226 e. The Morgan fingerprint density at radius 3 is 3.10 bits per heavy atom. The fourth-order valence-corrected chi connectivity index (χ4v) is 3.19. The van der Waals surface area contributed by atoms with Crippen molar-refractivity contribution >= 4 is 5.91 Å². The number of fused-ring (bicyclic) bond motifs is 1. The van der Waals surface area contributed by atoms with Gasteiger partial charge in [-0.05, 0) is 18.6 Å². The number of carbonyl (C=O) groups excluding carboxylic acids is 1. The number of amides is 1. The molecule has 2 aromatic rings. The molecule has 21 heavy (non-hydrogen) atoms. The first-order valence-corrected chi connectivity index (χ1v) is 7.51. The van der Waals surface area contributed by atoms with E-state index in [1.165, 1.54) is 0 Å². The topological polar surface area (TPSA) is 64.2 Å². The Bertz CT molecular complexity index is 661. The molecule has 2 atom stereocenters. The molecule has 6 nitrogen and oxygen atoms in total. The van der Waals surface area contributed by atoms with Gasteiger partial charge in [-0.25, -0.2) is 0 Å². The lowest BCUT2D eigenvalue weighted by Gasteiger charge is -2.28. The van der Waals surface area contributed by atoms with Crippen LogP contribution in [0.1, 0.15) is 36.7 Å². The summed E-state index contributed by atoms with van der Waals surface area (Å²) in [7, 11) is 0. The molecule has 1 amide bonds. The Morgan fingerprint density at radius 1 is 1.43 bits per heavy atom. The van der Waals surface area contributed by atoms with Crippen molar-refractivity contribution in [3.8, 4) is 0 Å². The molecule has 0 saturated heterocycles. The van der Waals surface area contributed by atoms with Crippen LogP contribution < -0.4 is 0 Å². The Balaban J connectivity index is 1.45. The maximum atomic E-state index is 12.6. The summed E-state index contributed by atoms with van der Waals surface area (Å²) in [6.07, 6.45) is 3.45. The Morgan fingerprint density at radius 2 is 2.33 bits per heavy atom. The largest absolute Gasteiger partial charge is 0.469 e. The molecule has 0 unspecified atom stereocenters. The van der Waals surface area contributed by atoms with E-state index in [1.54, 1.807) is 6.26 Å². The van der Waals surface area contributed by atoms with Gasteiger partial charge in [0.1, 0.15) is 11.6 Å². The minimum absolute atomic E-state index is 0.0799. The molecule has 2 aliphatic rings. The van der Waals surface area contributed by atoms with E-state index in [2.05, 4.69) is 21.7 Å². The number of carbonyl (C=O) groups is 1. The molecule has 1 fully saturated rings. The first-order valence-electron chi connectivity index (χ1n) is 7.51. The van der Waals surface area contributed by atoms with E-state index in [9.17, 15) is 4.79 Å². The molecular formula is C15H18N4O2. The summed E-state index contributed by atoms with van der Waals surface area (Å²) in [6.45, 7) is 4.20. The van der Waals surface area contributed by atoms with Crippen LogP contribution in [0.4, 0.5) is 0 Å². The third-order valence-electron chi connectivity index (χ3n) is 4.47. The summed E-state index contributed by atoms with van der Waals surface area (Å²) in [5.74, 6) is 3.42. The van der Waals surface area contributed by atoms with Crippen LogP contribution in [0.15, 0.2) is 22.8 Å². The van der Waals surface area contributed by atoms with Gasteiger partial charge in [-0.1, -0.05) is 6.92 Å². The van der Waals surface area contributed by atoms with Crippen molar-refractivity contribution in [3.05, 3.63) is 35.8 Å². The average molecular weight is 286 g/mol. The van der Waals surface area contributed by atoms with Gasteiger partial charge in [0.25, 0.3) is 0 Å². The van der Waals surface area contributed by atoms with Crippen LogP contribution >= 0.6 is 0 Å². The van der Waals surface area contributed by atoms with Crippen LogP contribution in [-0.4, -0.2) is 32.1 Å². The molecule has 110 valence electrons. The highest BCUT2D eigenvalue weighted by molar-refractivity contribution is 5.82. The van der Waals surface area contributed by atoms with Crippen molar-refractivity contribution in [3.63, 3.8) is 0 Å². The van der Waals surface area contributed by atoms with E-state index in [4.69, 9.17) is 4.42 Å². The molecular weight excluding hydrogens is 268 g/mol. The average Bonchev–Trinajstić information content (AvgIpc) is 2.96. The number of hydrogen-bond donors (Lipinski definition) is 0. The summed E-state index contributed by atoms with van der Waals surface area (Å²) in [5.41, 5.74) is 0. The predicted octanol–water partition coefficient (Wildman–Crippen LogP) is 1.58. The Hall–Kier alpha value is -2.11. The number of aryl methyl sites for hydroxylation is 1. The normalized spacial score (nSPS) is 24.0. The standard InChI is InChI=1S/C15H18N4O2/c1-2-13-16-17-14-9-18(5-6-19(13)14)15(20)11-8-10(11)12-4-3-7-21-12/h3-4,7,10-11H,2,5-6,8-9H2,1H3/t10-,11-/m0/s1. The van der Waals surface area contributed by atoms with Crippen molar-refractivity contribution in [1.82, 2.24) is 19.7 Å². The van der Waals surface area contributed by atoms with Gasteiger partial charge in [0.05, 0.1) is 12.8 Å². The van der Waals surface area contributed by atoms with E-state index < -0.39 is 0 Å². The molecule has 1 aliphatic heterocycles. The quantitative estimate of drug-likeness (QED) is 0.859. The molecule has 0 radical (unpaired) electrons. The molecule has 0 spiro atoms.